The van der Waals surface area contributed by atoms with Gasteiger partial charge in [0, 0.05) is 17.6 Å². The molecule has 3 rings (SSSR count). The van der Waals surface area contributed by atoms with Gasteiger partial charge in [-0.2, -0.15) is 5.10 Å². The van der Waals surface area contributed by atoms with Crippen LogP contribution in [-0.2, 0) is 27.7 Å². The molecule has 0 saturated heterocycles. The molecule has 0 saturated carbocycles. The molecule has 0 bridgehead atoms. The summed E-state index contributed by atoms with van der Waals surface area (Å²) < 4.78 is 26.4. The molecule has 150 valence electrons. The molecule has 7 nitrogen and oxygen atoms in total. The Labute approximate surface area is 172 Å². The lowest BCUT2D eigenvalue weighted by molar-refractivity contribution is -0.122. The van der Waals surface area contributed by atoms with Crippen molar-refractivity contribution in [1.29, 1.82) is 0 Å². The van der Waals surface area contributed by atoms with Crippen molar-refractivity contribution < 1.29 is 13.2 Å². The standard InChI is InChI=1S/C20H18ClN3O4S/c1-14-5-4-7-16(11-14)29(27,28)19-9-10-20(26)24(23-19)13-18(25)22-12-15-6-2-3-8-17(15)21/h2-11H,12-13H2,1H3,(H,22,25). The van der Waals surface area contributed by atoms with Crippen LogP contribution in [0.1, 0.15) is 11.1 Å². The fourth-order valence-electron chi connectivity index (χ4n) is 2.62. The maximum atomic E-state index is 12.8. The highest BCUT2D eigenvalue weighted by Gasteiger charge is 2.21. The second-order valence-electron chi connectivity index (χ2n) is 6.36. The fraction of sp³-hybridized carbons (Fsp3) is 0.150. The van der Waals surface area contributed by atoms with Crippen molar-refractivity contribution in [1.82, 2.24) is 15.1 Å². The summed E-state index contributed by atoms with van der Waals surface area (Å²) in [5, 5.41) is 6.74. The van der Waals surface area contributed by atoms with Crippen LogP contribution in [0.3, 0.4) is 0 Å². The van der Waals surface area contributed by atoms with Crippen LogP contribution < -0.4 is 10.9 Å². The van der Waals surface area contributed by atoms with Crippen LogP contribution in [0, 0.1) is 6.92 Å². The molecule has 0 unspecified atom stereocenters. The van der Waals surface area contributed by atoms with Gasteiger partial charge in [-0.25, -0.2) is 13.1 Å². The van der Waals surface area contributed by atoms with E-state index < -0.39 is 27.8 Å². The average molecular weight is 432 g/mol. The number of hydrogen-bond acceptors (Lipinski definition) is 5. The van der Waals surface area contributed by atoms with Crippen molar-refractivity contribution in [2.24, 2.45) is 0 Å². The minimum atomic E-state index is -3.92. The topological polar surface area (TPSA) is 98.1 Å². The van der Waals surface area contributed by atoms with Crippen molar-refractivity contribution in [2.45, 2.75) is 29.9 Å². The van der Waals surface area contributed by atoms with Crippen molar-refractivity contribution in [3.8, 4) is 0 Å². The zero-order valence-corrected chi connectivity index (χ0v) is 17.1. The lowest BCUT2D eigenvalue weighted by Crippen LogP contribution is -2.33. The summed E-state index contributed by atoms with van der Waals surface area (Å²) >= 11 is 6.05. The third-order valence-electron chi connectivity index (χ3n) is 4.14. The molecule has 0 fully saturated rings. The van der Waals surface area contributed by atoms with Gasteiger partial charge in [0.1, 0.15) is 6.54 Å². The summed E-state index contributed by atoms with van der Waals surface area (Å²) in [5.41, 5.74) is 0.915. The number of rotatable bonds is 6. The molecule has 0 aliphatic rings. The maximum absolute atomic E-state index is 12.8. The molecule has 9 heteroatoms. The van der Waals surface area contributed by atoms with Gasteiger partial charge in [-0.15, -0.1) is 0 Å². The highest BCUT2D eigenvalue weighted by molar-refractivity contribution is 7.91. The van der Waals surface area contributed by atoms with E-state index in [1.165, 1.54) is 12.1 Å². The van der Waals surface area contributed by atoms with Crippen LogP contribution >= 0.6 is 11.6 Å². The first-order valence-corrected chi connectivity index (χ1v) is 10.5. The summed E-state index contributed by atoms with van der Waals surface area (Å²) in [5.74, 6) is -0.496. The van der Waals surface area contributed by atoms with Gasteiger partial charge in [0.05, 0.1) is 4.90 Å². The Balaban J connectivity index is 1.79. The van der Waals surface area contributed by atoms with E-state index in [-0.39, 0.29) is 16.5 Å². The Morgan fingerprint density at radius 1 is 1.10 bits per heavy atom. The van der Waals surface area contributed by atoms with E-state index in [4.69, 9.17) is 11.6 Å². The summed E-state index contributed by atoms with van der Waals surface area (Å²) in [4.78, 5) is 24.3. The van der Waals surface area contributed by atoms with Gasteiger partial charge < -0.3 is 5.32 Å². The molecule has 2 aromatic carbocycles. The first-order valence-electron chi connectivity index (χ1n) is 8.67. The normalized spacial score (nSPS) is 11.2. The van der Waals surface area contributed by atoms with Crippen molar-refractivity contribution in [3.63, 3.8) is 0 Å². The molecule has 1 N–H and O–H groups in total. The molecule has 1 heterocycles. The monoisotopic (exact) mass is 431 g/mol. The first-order chi connectivity index (χ1) is 13.8. The van der Waals surface area contributed by atoms with Gasteiger partial charge in [0.2, 0.25) is 15.7 Å². The Bertz CT molecular complexity index is 1220. The largest absolute Gasteiger partial charge is 0.350 e. The number of carbonyl (C=O) groups is 1. The van der Waals surface area contributed by atoms with Crippen molar-refractivity contribution in [3.05, 3.63) is 87.2 Å². The zero-order chi connectivity index (χ0) is 21.0. The lowest BCUT2D eigenvalue weighted by Gasteiger charge is -2.10. The number of amides is 1. The van der Waals surface area contributed by atoms with E-state index in [2.05, 4.69) is 10.4 Å². The fourth-order valence-corrected chi connectivity index (χ4v) is 4.11. The molecule has 0 atom stereocenters. The Hall–Kier alpha value is -2.97. The van der Waals surface area contributed by atoms with Gasteiger partial charge in [0.25, 0.3) is 5.56 Å². The molecule has 1 aromatic heterocycles. The van der Waals surface area contributed by atoms with Crippen molar-refractivity contribution >= 4 is 27.3 Å². The molecular formula is C20H18ClN3O4S. The highest BCUT2D eigenvalue weighted by Crippen LogP contribution is 2.19. The predicted molar refractivity (Wildman–Crippen MR) is 108 cm³/mol. The zero-order valence-electron chi connectivity index (χ0n) is 15.5. The van der Waals surface area contributed by atoms with Crippen LogP contribution in [0.15, 0.2) is 75.4 Å². The molecule has 1 amide bonds. The van der Waals surface area contributed by atoms with E-state index in [1.54, 1.807) is 43.3 Å². The van der Waals surface area contributed by atoms with Gasteiger partial charge >= 0.3 is 0 Å². The maximum Gasteiger partial charge on any atom is 0.267 e. The molecule has 0 aliphatic heterocycles. The number of hydrogen-bond donors (Lipinski definition) is 1. The number of sulfone groups is 1. The molecular weight excluding hydrogens is 414 g/mol. The number of benzene rings is 2. The second kappa shape index (κ2) is 8.59. The summed E-state index contributed by atoms with van der Waals surface area (Å²) in [7, 11) is -3.92. The van der Waals surface area contributed by atoms with E-state index >= 15 is 0 Å². The molecule has 0 radical (unpaired) electrons. The highest BCUT2D eigenvalue weighted by atomic mass is 35.5. The van der Waals surface area contributed by atoms with Crippen molar-refractivity contribution in [2.75, 3.05) is 0 Å². The summed E-state index contributed by atoms with van der Waals surface area (Å²) in [6, 6.07) is 15.6. The number of nitrogens with one attached hydrogen (secondary N) is 1. The predicted octanol–water partition coefficient (Wildman–Crippen LogP) is 2.35. The van der Waals surface area contributed by atoms with E-state index in [1.807, 2.05) is 0 Å². The van der Waals surface area contributed by atoms with E-state index in [0.29, 0.717) is 5.02 Å². The van der Waals surface area contributed by atoms with Crippen LogP contribution in [0.2, 0.25) is 5.02 Å². The number of nitrogens with zero attached hydrogens (tertiary/aromatic N) is 2. The third kappa shape index (κ3) is 4.90. The summed E-state index contributed by atoms with van der Waals surface area (Å²) in [6.45, 7) is 1.53. The first kappa shape index (κ1) is 20.8. The number of aryl methyl sites for hydroxylation is 1. The average Bonchev–Trinajstić information content (AvgIpc) is 2.69. The minimum absolute atomic E-state index is 0.0679. The van der Waals surface area contributed by atoms with Crippen LogP contribution in [-0.4, -0.2) is 24.1 Å². The van der Waals surface area contributed by atoms with Crippen LogP contribution in [0.4, 0.5) is 0 Å². The Kier molecular flexibility index (Phi) is 6.14. The molecule has 29 heavy (non-hydrogen) atoms. The van der Waals surface area contributed by atoms with E-state index in [0.717, 1.165) is 27.9 Å². The van der Waals surface area contributed by atoms with E-state index in [9.17, 15) is 18.0 Å². The molecule has 0 aliphatic carbocycles. The smallest absolute Gasteiger partial charge is 0.267 e. The number of aromatic nitrogens is 2. The van der Waals surface area contributed by atoms with Gasteiger partial charge in [-0.1, -0.05) is 41.9 Å². The number of carbonyl (C=O) groups excluding carboxylic acids is 1. The minimum Gasteiger partial charge on any atom is -0.350 e. The van der Waals surface area contributed by atoms with Crippen LogP contribution in [0.25, 0.3) is 0 Å². The van der Waals surface area contributed by atoms with Gasteiger partial charge in [-0.05, 0) is 42.3 Å². The molecule has 0 spiro atoms. The lowest BCUT2D eigenvalue weighted by atomic mass is 10.2. The third-order valence-corrected chi connectivity index (χ3v) is 6.16. The number of halogens is 1. The summed E-state index contributed by atoms with van der Waals surface area (Å²) in [6.07, 6.45) is 0. The second-order valence-corrected chi connectivity index (χ2v) is 8.66. The van der Waals surface area contributed by atoms with Gasteiger partial charge in [0.15, 0.2) is 5.03 Å². The SMILES string of the molecule is Cc1cccc(S(=O)(=O)c2ccc(=O)n(CC(=O)NCc3ccccc3Cl)n2)c1. The Morgan fingerprint density at radius 2 is 1.86 bits per heavy atom. The van der Waals surface area contributed by atoms with Crippen LogP contribution in [0.5, 0.6) is 0 Å². The quantitative estimate of drug-likeness (QED) is 0.646. The Morgan fingerprint density at radius 3 is 2.59 bits per heavy atom. The molecule has 3 aromatic rings. The van der Waals surface area contributed by atoms with Gasteiger partial charge in [-0.3, -0.25) is 9.59 Å².